The van der Waals surface area contributed by atoms with Gasteiger partial charge < -0.3 is 0 Å². The molecule has 70 valence electrons. The van der Waals surface area contributed by atoms with Gasteiger partial charge in [0.1, 0.15) is 10.8 Å². The van der Waals surface area contributed by atoms with Crippen molar-refractivity contribution in [1.29, 1.82) is 0 Å². The van der Waals surface area contributed by atoms with Gasteiger partial charge in [-0.15, -0.1) is 0 Å². The van der Waals surface area contributed by atoms with Crippen LogP contribution in [0.25, 0.3) is 5.65 Å². The molecule has 0 unspecified atom stereocenters. The van der Waals surface area contributed by atoms with E-state index < -0.39 is 0 Å². The Morgan fingerprint density at radius 3 is 2.62 bits per heavy atom. The molecular weight excluding hydrogens is 184 g/mol. The number of aryl methyl sites for hydroxylation is 1. The molecule has 0 aromatic carbocycles. The number of aromatic nitrogens is 2. The molecule has 0 bridgehead atoms. The third kappa shape index (κ3) is 1.83. The van der Waals surface area contributed by atoms with Crippen LogP contribution in [0, 0.1) is 6.92 Å². The van der Waals surface area contributed by atoms with Crippen LogP contribution >= 0.6 is 11.6 Å². The monoisotopic (exact) mass is 196 g/mol. The number of imidazole rings is 1. The maximum absolute atomic E-state index is 5.93. The molecule has 0 aliphatic heterocycles. The summed E-state index contributed by atoms with van der Waals surface area (Å²) in [6, 6.07) is 5.67. The summed E-state index contributed by atoms with van der Waals surface area (Å²) in [5.74, 6) is 0. The van der Waals surface area contributed by atoms with Gasteiger partial charge in [0.15, 0.2) is 0 Å². The summed E-state index contributed by atoms with van der Waals surface area (Å²) in [4.78, 5) is 4.16. The third-order valence-electron chi connectivity index (χ3n) is 1.66. The van der Waals surface area contributed by atoms with E-state index in [-0.39, 0.29) is 0 Å². The van der Waals surface area contributed by atoms with Gasteiger partial charge in [0.25, 0.3) is 0 Å². The van der Waals surface area contributed by atoms with Gasteiger partial charge in [-0.2, -0.15) is 0 Å². The topological polar surface area (TPSA) is 17.3 Å². The Labute approximate surface area is 83.2 Å². The zero-order chi connectivity index (χ0) is 9.84. The molecule has 2 rings (SSSR count). The lowest BCUT2D eigenvalue weighted by Gasteiger charge is -1.97. The van der Waals surface area contributed by atoms with Crippen molar-refractivity contribution in [2.24, 2.45) is 0 Å². The van der Waals surface area contributed by atoms with Gasteiger partial charge in [-0.05, 0) is 19.1 Å². The molecule has 2 heterocycles. The zero-order valence-corrected chi connectivity index (χ0v) is 8.84. The lowest BCUT2D eigenvalue weighted by molar-refractivity contribution is 1.11. The number of nitrogens with zero attached hydrogens (tertiary/aromatic N) is 2. The van der Waals surface area contributed by atoms with E-state index in [2.05, 4.69) is 4.98 Å². The standard InChI is InChI=1S/C8H7ClN2.C2H6/c1-6-5-10-8-4-2-3-7(9)11(6)8;1-2/h2-5H,1H3;1-2H3. The summed E-state index contributed by atoms with van der Waals surface area (Å²) in [5, 5.41) is 0.706. The molecule has 3 heteroatoms. The minimum Gasteiger partial charge on any atom is -0.287 e. The number of halogens is 1. The van der Waals surface area contributed by atoms with Gasteiger partial charge in [-0.3, -0.25) is 4.40 Å². The van der Waals surface area contributed by atoms with Crippen molar-refractivity contribution in [3.63, 3.8) is 0 Å². The first-order valence-corrected chi connectivity index (χ1v) is 4.75. The van der Waals surface area contributed by atoms with Gasteiger partial charge in [-0.1, -0.05) is 31.5 Å². The quantitative estimate of drug-likeness (QED) is 0.591. The SMILES string of the molecule is CC.Cc1cnc2cccc(Cl)n12. The number of fused-ring (bicyclic) bond motifs is 1. The van der Waals surface area contributed by atoms with E-state index >= 15 is 0 Å². The highest BCUT2D eigenvalue weighted by atomic mass is 35.5. The van der Waals surface area contributed by atoms with E-state index in [0.29, 0.717) is 5.15 Å². The Morgan fingerprint density at radius 1 is 1.31 bits per heavy atom. The number of pyridine rings is 1. The minimum atomic E-state index is 0.706. The van der Waals surface area contributed by atoms with E-state index in [1.807, 2.05) is 43.4 Å². The smallest absolute Gasteiger partial charge is 0.138 e. The van der Waals surface area contributed by atoms with Crippen molar-refractivity contribution >= 4 is 17.2 Å². The van der Waals surface area contributed by atoms with Crippen molar-refractivity contribution in [3.8, 4) is 0 Å². The molecule has 0 spiro atoms. The number of hydrogen-bond donors (Lipinski definition) is 0. The van der Waals surface area contributed by atoms with Gasteiger partial charge in [0.2, 0.25) is 0 Å². The summed E-state index contributed by atoms with van der Waals surface area (Å²) in [6.45, 7) is 5.98. The summed E-state index contributed by atoms with van der Waals surface area (Å²) in [7, 11) is 0. The van der Waals surface area contributed by atoms with Crippen LogP contribution in [0.15, 0.2) is 24.4 Å². The maximum atomic E-state index is 5.93. The lowest BCUT2D eigenvalue weighted by Crippen LogP contribution is -1.87. The van der Waals surface area contributed by atoms with Gasteiger partial charge >= 0.3 is 0 Å². The van der Waals surface area contributed by atoms with Crippen LogP contribution in [0.3, 0.4) is 0 Å². The maximum Gasteiger partial charge on any atom is 0.138 e. The molecular formula is C10H13ClN2. The van der Waals surface area contributed by atoms with Crippen molar-refractivity contribution < 1.29 is 0 Å². The average molecular weight is 197 g/mol. The number of hydrogen-bond acceptors (Lipinski definition) is 1. The Morgan fingerprint density at radius 2 is 2.00 bits per heavy atom. The Hall–Kier alpha value is -1.02. The van der Waals surface area contributed by atoms with Gasteiger partial charge in [0.05, 0.1) is 0 Å². The first-order valence-electron chi connectivity index (χ1n) is 4.37. The van der Waals surface area contributed by atoms with Crippen LogP contribution in [0.5, 0.6) is 0 Å². The van der Waals surface area contributed by atoms with Crippen LogP contribution in [0.2, 0.25) is 5.15 Å². The molecule has 0 radical (unpaired) electrons. The second-order valence-electron chi connectivity index (χ2n) is 2.44. The second kappa shape index (κ2) is 4.28. The predicted octanol–water partition coefficient (Wildman–Crippen LogP) is 3.32. The number of rotatable bonds is 0. The largest absolute Gasteiger partial charge is 0.287 e. The molecule has 2 aromatic heterocycles. The summed E-state index contributed by atoms with van der Waals surface area (Å²) in [6.07, 6.45) is 1.81. The fourth-order valence-electron chi connectivity index (χ4n) is 1.14. The molecule has 2 aromatic rings. The zero-order valence-electron chi connectivity index (χ0n) is 8.08. The van der Waals surface area contributed by atoms with Crippen LogP contribution in [-0.4, -0.2) is 9.38 Å². The Kier molecular flexibility index (Phi) is 3.32. The molecule has 0 N–H and O–H groups in total. The van der Waals surface area contributed by atoms with E-state index in [1.165, 1.54) is 0 Å². The molecule has 2 nitrogen and oxygen atoms in total. The van der Waals surface area contributed by atoms with Crippen LogP contribution in [0.4, 0.5) is 0 Å². The van der Waals surface area contributed by atoms with Crippen molar-refractivity contribution in [1.82, 2.24) is 9.38 Å². The summed E-state index contributed by atoms with van der Waals surface area (Å²) in [5.41, 5.74) is 1.96. The molecule has 0 fully saturated rings. The highest BCUT2D eigenvalue weighted by molar-refractivity contribution is 6.29. The van der Waals surface area contributed by atoms with Crippen LogP contribution in [-0.2, 0) is 0 Å². The van der Waals surface area contributed by atoms with Crippen molar-refractivity contribution in [2.45, 2.75) is 20.8 Å². The molecule has 0 saturated heterocycles. The Bertz CT molecular complexity index is 393. The fourth-order valence-corrected chi connectivity index (χ4v) is 1.43. The van der Waals surface area contributed by atoms with Crippen molar-refractivity contribution in [3.05, 3.63) is 35.2 Å². The molecule has 0 amide bonds. The van der Waals surface area contributed by atoms with E-state index in [1.54, 1.807) is 6.20 Å². The summed E-state index contributed by atoms with van der Waals surface area (Å²) < 4.78 is 1.90. The normalized spacial score (nSPS) is 9.54. The van der Waals surface area contributed by atoms with E-state index in [0.717, 1.165) is 11.3 Å². The van der Waals surface area contributed by atoms with E-state index in [9.17, 15) is 0 Å². The second-order valence-corrected chi connectivity index (χ2v) is 2.83. The highest BCUT2D eigenvalue weighted by Crippen LogP contribution is 2.13. The molecule has 13 heavy (non-hydrogen) atoms. The van der Waals surface area contributed by atoms with Gasteiger partial charge in [0, 0.05) is 11.9 Å². The first kappa shape index (κ1) is 10.1. The average Bonchev–Trinajstić information content (AvgIpc) is 2.53. The predicted molar refractivity (Wildman–Crippen MR) is 56.3 cm³/mol. The first-order chi connectivity index (χ1) is 6.29. The minimum absolute atomic E-state index is 0.706. The van der Waals surface area contributed by atoms with E-state index in [4.69, 9.17) is 11.6 Å². The summed E-state index contributed by atoms with van der Waals surface area (Å²) >= 11 is 5.93. The van der Waals surface area contributed by atoms with Crippen molar-refractivity contribution in [2.75, 3.05) is 0 Å². The fraction of sp³-hybridized carbons (Fsp3) is 0.300. The third-order valence-corrected chi connectivity index (χ3v) is 1.95. The highest BCUT2D eigenvalue weighted by Gasteiger charge is 1.99. The van der Waals surface area contributed by atoms with Crippen LogP contribution in [0.1, 0.15) is 19.5 Å². The molecule has 0 saturated carbocycles. The lowest BCUT2D eigenvalue weighted by atomic mass is 10.4. The Balaban J connectivity index is 0.000000396. The molecule has 0 aliphatic carbocycles. The van der Waals surface area contributed by atoms with Crippen LogP contribution < -0.4 is 0 Å². The molecule has 0 atom stereocenters. The van der Waals surface area contributed by atoms with Gasteiger partial charge in [-0.25, -0.2) is 4.98 Å². The molecule has 0 aliphatic rings.